The molecule has 3 heterocycles. The van der Waals surface area contributed by atoms with E-state index >= 15 is 0 Å². The Balaban J connectivity index is 0.000000114. The Hall–Kier alpha value is -15.9. The normalized spacial score (nSPS) is 11.7. The highest BCUT2D eigenvalue weighted by Gasteiger charge is 2.31. The maximum Gasteiger partial charge on any atom is 0.0607 e. The first-order valence-electron chi connectivity index (χ1n) is 44.9. The molecule has 0 atom stereocenters. The van der Waals surface area contributed by atoms with E-state index in [9.17, 15) is 0 Å². The number of para-hydroxylation sites is 3. The molecule has 0 saturated heterocycles. The third-order valence-electron chi connectivity index (χ3n) is 25.4. The van der Waals surface area contributed by atoms with Gasteiger partial charge in [-0.25, -0.2) is 0 Å². The molecule has 0 saturated carbocycles. The zero-order chi connectivity index (χ0) is 87.6. The average Bonchev–Trinajstić information content (AvgIpc) is 0.745. The first-order valence-corrected chi connectivity index (χ1v) is 47.4. The van der Waals surface area contributed by atoms with Gasteiger partial charge in [-0.3, -0.25) is 0 Å². The van der Waals surface area contributed by atoms with Crippen molar-refractivity contribution in [3.8, 4) is 111 Å². The van der Waals surface area contributed by atoms with Gasteiger partial charge in [0.05, 0.1) is 22.7 Å². The largest absolute Gasteiger partial charge is 0.309 e. The van der Waals surface area contributed by atoms with Crippen molar-refractivity contribution in [2.75, 3.05) is 14.7 Å². The van der Waals surface area contributed by atoms with E-state index in [1.807, 2.05) is 35.3 Å². The fourth-order valence-electron chi connectivity index (χ4n) is 19.3. The lowest BCUT2D eigenvalue weighted by Gasteiger charge is -2.31. The number of nitrogens with zero attached hydrogens (tertiary/aromatic N) is 3. The summed E-state index contributed by atoms with van der Waals surface area (Å²) in [6.07, 6.45) is 0. The van der Waals surface area contributed by atoms with Crippen LogP contribution < -0.4 is 14.7 Å². The zero-order valence-corrected chi connectivity index (χ0v) is 74.6. The number of hydrogen-bond donors (Lipinski definition) is 0. The molecule has 0 unspecified atom stereocenters. The summed E-state index contributed by atoms with van der Waals surface area (Å²) in [5, 5.41) is 7.70. The summed E-state index contributed by atoms with van der Waals surface area (Å²) in [5.41, 5.74) is 35.1. The Labute approximate surface area is 783 Å². The Morgan fingerprint density at radius 2 is 0.326 bits per heavy atom. The van der Waals surface area contributed by atoms with Crippen LogP contribution in [0.15, 0.2) is 545 Å². The monoisotopic (exact) mass is 1740 g/mol. The molecule has 3 aliphatic rings. The lowest BCUT2D eigenvalue weighted by molar-refractivity contribution is 1.23. The number of anilines is 9. The van der Waals surface area contributed by atoms with E-state index in [4.69, 9.17) is 0 Å². The third-order valence-corrected chi connectivity index (χ3v) is 29.0. The maximum atomic E-state index is 2.46. The van der Waals surface area contributed by atoms with Crippen LogP contribution in [-0.2, 0) is 0 Å². The van der Waals surface area contributed by atoms with Crippen LogP contribution in [0, 0.1) is 0 Å². The molecule has 22 aromatic carbocycles. The molecule has 0 amide bonds. The minimum atomic E-state index is 1.11. The van der Waals surface area contributed by atoms with Crippen LogP contribution in [0.1, 0.15) is 0 Å². The van der Waals surface area contributed by atoms with Gasteiger partial charge < -0.3 is 14.7 Å². The second kappa shape index (κ2) is 36.0. The van der Waals surface area contributed by atoms with Crippen LogP contribution in [-0.4, -0.2) is 0 Å². The average molecular weight is 1740 g/mol. The van der Waals surface area contributed by atoms with Crippen LogP contribution in [0.3, 0.4) is 0 Å². The quantitative estimate of drug-likeness (QED) is 0.113. The highest BCUT2D eigenvalue weighted by molar-refractivity contribution is 8.00. The molecule has 622 valence electrons. The van der Waals surface area contributed by atoms with E-state index in [1.165, 1.54) is 179 Å². The first-order chi connectivity index (χ1) is 65.5. The van der Waals surface area contributed by atoms with Crippen molar-refractivity contribution in [2.45, 2.75) is 29.4 Å². The molecule has 0 aromatic heterocycles. The molecule has 3 nitrogen and oxygen atoms in total. The molecule has 0 spiro atoms. The van der Waals surface area contributed by atoms with Gasteiger partial charge in [-0.15, -0.1) is 0 Å². The zero-order valence-electron chi connectivity index (χ0n) is 72.1. The highest BCUT2D eigenvalue weighted by Crippen LogP contribution is 2.58. The van der Waals surface area contributed by atoms with Gasteiger partial charge in [0.1, 0.15) is 0 Å². The van der Waals surface area contributed by atoms with Crippen molar-refractivity contribution in [3.63, 3.8) is 0 Å². The molecule has 0 aliphatic carbocycles. The van der Waals surface area contributed by atoms with Gasteiger partial charge in [0, 0.05) is 63.4 Å². The molecular weight excluding hydrogens is 1650 g/mol. The van der Waals surface area contributed by atoms with Crippen molar-refractivity contribution in [1.82, 2.24) is 0 Å². The van der Waals surface area contributed by atoms with Crippen molar-refractivity contribution in [1.29, 1.82) is 0 Å². The molecule has 22 aromatic rings. The van der Waals surface area contributed by atoms with E-state index < -0.39 is 0 Å². The highest BCUT2D eigenvalue weighted by atomic mass is 32.2. The Morgan fingerprint density at radius 1 is 0.121 bits per heavy atom. The smallest absolute Gasteiger partial charge is 0.0607 e. The Bertz CT molecular complexity index is 7870. The van der Waals surface area contributed by atoms with Crippen molar-refractivity contribution in [3.05, 3.63) is 516 Å². The van der Waals surface area contributed by atoms with Gasteiger partial charge in [0.25, 0.3) is 0 Å². The maximum absolute atomic E-state index is 2.46. The SMILES string of the molecule is c1ccc(-c2ccc(N(c3ccc(-c4ccccc4)cc3)c3cccc4c3Sc3ccccc3-c3cccc5cccc-4c35)cc2)cc1.c1ccc(-c2ccc(N(c3ccccc3-c3ccccc3)c3cccc4c3Sc3ccccc3-c3cccc5cccc-4c35)cc2)cc1.c1ccc(N(c2ccccc2)c2cccc3c2Sc2ccccc2-c2cccc4cccc-3c24)cc1. The van der Waals surface area contributed by atoms with E-state index in [2.05, 4.69) is 530 Å². The summed E-state index contributed by atoms with van der Waals surface area (Å²) < 4.78 is 0. The van der Waals surface area contributed by atoms with E-state index in [1.54, 1.807) is 0 Å². The molecule has 3 aliphatic heterocycles. The third kappa shape index (κ3) is 15.4. The van der Waals surface area contributed by atoms with Crippen molar-refractivity contribution >= 4 is 119 Å². The standard InChI is InChI=1S/2C46H31NS.C34H23NS/c1-3-14-32(15-4-1)33-28-30-36(31-29-33)47(42-25-9-7-20-37(42)34-16-5-2-6-17-34)43-26-13-24-41-40-23-12-19-35-18-11-22-39(45(35)40)38-21-8-10-27-44(38)48-46(41)43;1-3-12-32(13-4-1)34-24-28-37(29-25-34)47(38-30-26-35(27-31-38)33-14-5-2-6-15-33)43-22-11-21-42-41-20-10-17-36-16-9-19-40(45(36)41)39-18-7-8-23-44(39)48-46(42)43;1-3-14-25(15-4-1)35(26-16-5-2-6-17-26)31-22-11-21-30-29-20-10-13-24-12-9-19-28(33(24)29)27-18-7-8-23-32(27)36-34(30)31/h2*1-31H;1-23H. The van der Waals surface area contributed by atoms with Crippen LogP contribution in [0.5, 0.6) is 0 Å². The van der Waals surface area contributed by atoms with Gasteiger partial charge in [0.15, 0.2) is 0 Å². The minimum absolute atomic E-state index is 1.11. The molecule has 0 bridgehead atoms. The van der Waals surface area contributed by atoms with Gasteiger partial charge in [0.2, 0.25) is 0 Å². The fraction of sp³-hybridized carbons (Fsp3) is 0. The molecule has 25 rings (SSSR count). The van der Waals surface area contributed by atoms with Crippen molar-refractivity contribution in [2.24, 2.45) is 0 Å². The van der Waals surface area contributed by atoms with Crippen LogP contribution in [0.25, 0.3) is 144 Å². The first kappa shape index (κ1) is 80.6. The molecule has 0 radical (unpaired) electrons. The van der Waals surface area contributed by atoms with Crippen LogP contribution >= 0.6 is 35.3 Å². The number of benzene rings is 22. The molecule has 132 heavy (non-hydrogen) atoms. The van der Waals surface area contributed by atoms with Gasteiger partial charge in [-0.2, -0.15) is 0 Å². The second-order valence-electron chi connectivity index (χ2n) is 33.2. The molecule has 0 fully saturated rings. The fourth-order valence-corrected chi connectivity index (χ4v) is 23.0. The number of hydrogen-bond acceptors (Lipinski definition) is 6. The number of rotatable bonds is 13. The summed E-state index contributed by atoms with van der Waals surface area (Å²) >= 11 is 5.60. The Kier molecular flexibility index (Phi) is 22.0. The molecular formula is C126H85N3S3. The molecule has 0 N–H and O–H groups in total. The van der Waals surface area contributed by atoms with Gasteiger partial charge in [-0.05, 0) is 241 Å². The van der Waals surface area contributed by atoms with Crippen LogP contribution in [0.2, 0.25) is 0 Å². The summed E-state index contributed by atoms with van der Waals surface area (Å²) in [6, 6.07) is 187. The second-order valence-corrected chi connectivity index (χ2v) is 36.3. The predicted molar refractivity (Wildman–Crippen MR) is 563 cm³/mol. The lowest BCUT2D eigenvalue weighted by Crippen LogP contribution is -2.13. The summed E-state index contributed by atoms with van der Waals surface area (Å²) in [7, 11) is 0. The summed E-state index contributed by atoms with van der Waals surface area (Å²) in [6.45, 7) is 0. The predicted octanol–water partition coefficient (Wildman–Crippen LogP) is 37.0. The lowest BCUT2D eigenvalue weighted by atomic mass is 9.91. The van der Waals surface area contributed by atoms with Gasteiger partial charge >= 0.3 is 0 Å². The number of fused-ring (bicyclic) bond motifs is 12. The topological polar surface area (TPSA) is 9.72 Å². The van der Waals surface area contributed by atoms with Gasteiger partial charge in [-0.1, -0.05) is 448 Å². The molecule has 6 heteroatoms. The van der Waals surface area contributed by atoms with E-state index in [-0.39, 0.29) is 0 Å². The summed E-state index contributed by atoms with van der Waals surface area (Å²) in [5.74, 6) is 0. The van der Waals surface area contributed by atoms with E-state index in [0.717, 1.165) is 45.5 Å². The Morgan fingerprint density at radius 3 is 0.644 bits per heavy atom. The van der Waals surface area contributed by atoms with Crippen molar-refractivity contribution < 1.29 is 0 Å². The van der Waals surface area contributed by atoms with Crippen LogP contribution in [0.4, 0.5) is 51.2 Å². The minimum Gasteiger partial charge on any atom is -0.309 e. The summed E-state index contributed by atoms with van der Waals surface area (Å²) in [4.78, 5) is 14.8. The van der Waals surface area contributed by atoms with E-state index in [0.29, 0.717) is 0 Å².